The summed E-state index contributed by atoms with van der Waals surface area (Å²) >= 11 is 0. The molecule has 1 fully saturated rings. The minimum absolute atomic E-state index is 0.336. The average Bonchev–Trinajstić information content (AvgIpc) is 2.67. The Labute approximate surface area is 105 Å². The number of ether oxygens (including phenoxy) is 1. The molecule has 1 saturated heterocycles. The second-order valence-electron chi connectivity index (χ2n) is 4.05. The van der Waals surface area contributed by atoms with Crippen LogP contribution in [-0.4, -0.2) is 49.8 Å². The maximum absolute atomic E-state index is 11.6. The van der Waals surface area contributed by atoms with Crippen molar-refractivity contribution in [2.24, 2.45) is 0 Å². The summed E-state index contributed by atoms with van der Waals surface area (Å²) in [5.41, 5.74) is -2.08. The van der Waals surface area contributed by atoms with Crippen molar-refractivity contribution in [3.05, 3.63) is 32.6 Å². The van der Waals surface area contributed by atoms with Crippen LogP contribution in [-0.2, 0) is 4.74 Å². The van der Waals surface area contributed by atoms with Gasteiger partial charge in [0.15, 0.2) is 6.23 Å². The number of aromatic amines is 1. The van der Waals surface area contributed by atoms with E-state index in [1.165, 1.54) is 0 Å². The summed E-state index contributed by atoms with van der Waals surface area (Å²) in [6, 6.07) is 1.59. The van der Waals surface area contributed by atoms with E-state index in [1.54, 1.807) is 6.07 Å². The van der Waals surface area contributed by atoms with Crippen LogP contribution in [0.5, 0.6) is 0 Å². The van der Waals surface area contributed by atoms with Crippen LogP contribution in [0.15, 0.2) is 15.8 Å². The van der Waals surface area contributed by atoms with Crippen molar-refractivity contribution in [2.45, 2.75) is 24.5 Å². The Hall–Kier alpha value is -1.99. The maximum Gasteiger partial charge on any atom is 0.330 e. The zero-order chi connectivity index (χ0) is 14.2. The summed E-state index contributed by atoms with van der Waals surface area (Å²) < 4.78 is 5.92. The van der Waals surface area contributed by atoms with Gasteiger partial charge in [0.05, 0.1) is 6.61 Å². The molecule has 1 aliphatic heterocycles. The van der Waals surface area contributed by atoms with E-state index >= 15 is 0 Å². The van der Waals surface area contributed by atoms with Crippen LogP contribution in [0.4, 0.5) is 0 Å². The molecule has 4 atom stereocenters. The highest BCUT2D eigenvalue weighted by Gasteiger charge is 2.43. The molecule has 0 radical (unpaired) electrons. The Morgan fingerprint density at radius 3 is 2.63 bits per heavy atom. The first-order chi connectivity index (χ1) is 8.99. The van der Waals surface area contributed by atoms with Crippen LogP contribution in [0.25, 0.3) is 0 Å². The summed E-state index contributed by atoms with van der Waals surface area (Å²) in [4.78, 5) is 24.7. The molecule has 0 amide bonds. The highest BCUT2D eigenvalue weighted by atomic mass is 16.6. The molecule has 2 heterocycles. The van der Waals surface area contributed by atoms with E-state index in [0.717, 1.165) is 10.8 Å². The molecule has 0 bridgehead atoms. The fourth-order valence-electron chi connectivity index (χ4n) is 1.86. The zero-order valence-corrected chi connectivity index (χ0v) is 9.55. The standard InChI is InChI=1S/C10H11N3O6/c11-1-4-2-13(10(18)12-8(4)17)9-7(16)6(15)5(3-14)19-9/h2,5-7,9,14-16H,3H2,(H,12,17,18)/t5-,6?,7?,9-/m0/s1. The molecule has 1 aliphatic rings. The Morgan fingerprint density at radius 2 is 2.11 bits per heavy atom. The summed E-state index contributed by atoms with van der Waals surface area (Å²) in [7, 11) is 0. The predicted octanol–water partition coefficient (Wildman–Crippen LogP) is -2.98. The van der Waals surface area contributed by atoms with Gasteiger partial charge in [-0.3, -0.25) is 14.3 Å². The highest BCUT2D eigenvalue weighted by Crippen LogP contribution is 2.27. The fourth-order valence-corrected chi connectivity index (χ4v) is 1.86. The number of rotatable bonds is 2. The number of nitriles is 1. The lowest BCUT2D eigenvalue weighted by molar-refractivity contribution is -0.0550. The Balaban J connectivity index is 2.46. The first kappa shape index (κ1) is 13.4. The maximum atomic E-state index is 11.6. The van der Waals surface area contributed by atoms with Gasteiger partial charge in [-0.15, -0.1) is 0 Å². The van der Waals surface area contributed by atoms with E-state index in [9.17, 15) is 19.8 Å². The van der Waals surface area contributed by atoms with Gasteiger partial charge in [-0.25, -0.2) is 4.79 Å². The molecular formula is C10H11N3O6. The van der Waals surface area contributed by atoms with E-state index in [-0.39, 0.29) is 5.56 Å². The van der Waals surface area contributed by atoms with Gasteiger partial charge in [-0.05, 0) is 0 Å². The summed E-state index contributed by atoms with van der Waals surface area (Å²) in [6.07, 6.45) is -4.25. The highest BCUT2D eigenvalue weighted by molar-refractivity contribution is 5.22. The Bertz CT molecular complexity index is 629. The first-order valence-electron chi connectivity index (χ1n) is 5.37. The largest absolute Gasteiger partial charge is 0.394 e. The van der Waals surface area contributed by atoms with Gasteiger partial charge in [0, 0.05) is 6.20 Å². The molecule has 2 unspecified atom stereocenters. The molecule has 1 aromatic heterocycles. The van der Waals surface area contributed by atoms with Gasteiger partial charge in [0.1, 0.15) is 29.9 Å². The quantitative estimate of drug-likeness (QED) is 0.447. The molecule has 0 spiro atoms. The van der Waals surface area contributed by atoms with Gasteiger partial charge >= 0.3 is 5.69 Å². The van der Waals surface area contributed by atoms with Crippen molar-refractivity contribution < 1.29 is 20.1 Å². The summed E-state index contributed by atoms with van der Waals surface area (Å²) in [5, 5.41) is 37.0. The second-order valence-corrected chi connectivity index (χ2v) is 4.05. The third-order valence-electron chi connectivity index (χ3n) is 2.88. The lowest BCUT2D eigenvalue weighted by atomic mass is 10.1. The van der Waals surface area contributed by atoms with Gasteiger partial charge in [0.25, 0.3) is 5.56 Å². The van der Waals surface area contributed by atoms with Crippen molar-refractivity contribution in [2.75, 3.05) is 6.61 Å². The number of aromatic nitrogens is 2. The fraction of sp³-hybridized carbons (Fsp3) is 0.500. The van der Waals surface area contributed by atoms with Gasteiger partial charge in [-0.2, -0.15) is 5.26 Å². The normalized spacial score (nSPS) is 30.2. The number of aliphatic hydroxyl groups is 3. The van der Waals surface area contributed by atoms with Crippen molar-refractivity contribution >= 4 is 0 Å². The average molecular weight is 269 g/mol. The Morgan fingerprint density at radius 1 is 1.42 bits per heavy atom. The summed E-state index contributed by atoms with van der Waals surface area (Å²) in [6.45, 7) is -0.544. The number of aliphatic hydroxyl groups excluding tert-OH is 3. The molecule has 9 nitrogen and oxygen atoms in total. The molecule has 0 aliphatic carbocycles. The van der Waals surface area contributed by atoms with Crippen LogP contribution in [0, 0.1) is 11.3 Å². The topological polar surface area (TPSA) is 149 Å². The van der Waals surface area contributed by atoms with E-state index in [1.807, 2.05) is 4.98 Å². The third-order valence-corrected chi connectivity index (χ3v) is 2.88. The molecule has 0 saturated carbocycles. The number of H-pyrrole nitrogens is 1. The van der Waals surface area contributed by atoms with Crippen LogP contribution in [0.3, 0.4) is 0 Å². The van der Waals surface area contributed by atoms with E-state index in [2.05, 4.69) is 0 Å². The van der Waals surface area contributed by atoms with Crippen LogP contribution < -0.4 is 11.2 Å². The van der Waals surface area contributed by atoms with E-state index in [4.69, 9.17) is 15.1 Å². The minimum Gasteiger partial charge on any atom is -0.394 e. The van der Waals surface area contributed by atoms with E-state index < -0.39 is 42.4 Å². The summed E-state index contributed by atoms with van der Waals surface area (Å²) in [5.74, 6) is 0. The van der Waals surface area contributed by atoms with Gasteiger partial charge in [0.2, 0.25) is 0 Å². The van der Waals surface area contributed by atoms with Crippen molar-refractivity contribution in [3.63, 3.8) is 0 Å². The third kappa shape index (κ3) is 2.18. The van der Waals surface area contributed by atoms with Gasteiger partial charge in [-0.1, -0.05) is 0 Å². The molecule has 19 heavy (non-hydrogen) atoms. The molecule has 9 heteroatoms. The number of nitrogens with one attached hydrogen (secondary N) is 1. The predicted molar refractivity (Wildman–Crippen MR) is 59.0 cm³/mol. The van der Waals surface area contributed by atoms with Crippen LogP contribution >= 0.6 is 0 Å². The lowest BCUT2D eigenvalue weighted by Gasteiger charge is -2.16. The van der Waals surface area contributed by atoms with Crippen molar-refractivity contribution in [3.8, 4) is 6.07 Å². The Kier molecular flexibility index (Phi) is 3.50. The molecule has 2 rings (SSSR count). The monoisotopic (exact) mass is 269 g/mol. The zero-order valence-electron chi connectivity index (χ0n) is 9.55. The van der Waals surface area contributed by atoms with Gasteiger partial charge < -0.3 is 20.1 Å². The molecule has 1 aromatic rings. The number of nitrogens with zero attached hydrogens (tertiary/aromatic N) is 2. The lowest BCUT2D eigenvalue weighted by Crippen LogP contribution is -2.38. The van der Waals surface area contributed by atoms with Crippen LogP contribution in [0.1, 0.15) is 11.8 Å². The minimum atomic E-state index is -1.47. The second kappa shape index (κ2) is 4.94. The molecular weight excluding hydrogens is 258 g/mol. The number of hydrogen-bond donors (Lipinski definition) is 4. The number of hydrogen-bond acceptors (Lipinski definition) is 7. The van der Waals surface area contributed by atoms with Crippen molar-refractivity contribution in [1.29, 1.82) is 5.26 Å². The van der Waals surface area contributed by atoms with Crippen LogP contribution in [0.2, 0.25) is 0 Å². The molecule has 102 valence electrons. The first-order valence-corrected chi connectivity index (χ1v) is 5.37. The van der Waals surface area contributed by atoms with E-state index in [0.29, 0.717) is 0 Å². The smallest absolute Gasteiger partial charge is 0.330 e. The van der Waals surface area contributed by atoms with Crippen molar-refractivity contribution in [1.82, 2.24) is 9.55 Å². The molecule has 4 N–H and O–H groups in total. The molecule has 0 aromatic carbocycles. The SMILES string of the molecule is N#Cc1cn([C@H]2O[C@@H](CO)C(O)C2O)c(=O)[nH]c1=O.